The van der Waals surface area contributed by atoms with Gasteiger partial charge in [0.2, 0.25) is 0 Å². The summed E-state index contributed by atoms with van der Waals surface area (Å²) in [5, 5.41) is 0.721. The lowest BCUT2D eigenvalue weighted by molar-refractivity contribution is 0.141. The van der Waals surface area contributed by atoms with Gasteiger partial charge in [-0.2, -0.15) is 0 Å². The van der Waals surface area contributed by atoms with E-state index in [1.165, 1.54) is 0 Å². The first-order valence-corrected chi connectivity index (χ1v) is 6.66. The molecule has 2 heterocycles. The Balaban J connectivity index is 2.04. The summed E-state index contributed by atoms with van der Waals surface area (Å²) in [5.41, 5.74) is 1.22. The summed E-state index contributed by atoms with van der Waals surface area (Å²) < 4.78 is 26.0. The van der Waals surface area contributed by atoms with Crippen molar-refractivity contribution >= 4 is 16.7 Å². The topological polar surface area (TPSA) is 54.8 Å². The standard InChI is InChI=1S/C15H13F2N5/c1-22(9-10-8-18-6-7-19-10)15-11-4-2-3-5-12(11)20-14(21-15)13(16)17/h2-8,13H,9H2,1H3. The van der Waals surface area contributed by atoms with Gasteiger partial charge in [0.05, 0.1) is 24.0 Å². The number of fused-ring (bicyclic) bond motifs is 1. The molecule has 1 aromatic carbocycles. The fraction of sp³-hybridized carbons (Fsp3) is 0.200. The van der Waals surface area contributed by atoms with Gasteiger partial charge in [0.1, 0.15) is 5.82 Å². The van der Waals surface area contributed by atoms with E-state index in [4.69, 9.17) is 0 Å². The highest BCUT2D eigenvalue weighted by Gasteiger charge is 2.17. The molecule has 0 radical (unpaired) electrons. The van der Waals surface area contributed by atoms with E-state index in [1.807, 2.05) is 12.1 Å². The molecule has 112 valence electrons. The highest BCUT2D eigenvalue weighted by molar-refractivity contribution is 5.89. The van der Waals surface area contributed by atoms with Crippen LogP contribution in [-0.4, -0.2) is 27.0 Å². The van der Waals surface area contributed by atoms with Gasteiger partial charge in [0.15, 0.2) is 5.82 Å². The van der Waals surface area contributed by atoms with E-state index in [1.54, 1.807) is 42.7 Å². The summed E-state index contributed by atoms with van der Waals surface area (Å²) in [6.07, 6.45) is 2.09. The predicted molar refractivity (Wildman–Crippen MR) is 78.6 cm³/mol. The van der Waals surface area contributed by atoms with Gasteiger partial charge in [-0.1, -0.05) is 12.1 Å². The molecule has 0 saturated heterocycles. The fourth-order valence-electron chi connectivity index (χ4n) is 2.20. The van der Waals surface area contributed by atoms with Crippen LogP contribution in [0.15, 0.2) is 42.9 Å². The van der Waals surface area contributed by atoms with E-state index in [0.29, 0.717) is 17.9 Å². The second-order valence-electron chi connectivity index (χ2n) is 4.78. The number of hydrogen-bond acceptors (Lipinski definition) is 5. The van der Waals surface area contributed by atoms with Gasteiger partial charge < -0.3 is 4.90 Å². The van der Waals surface area contributed by atoms with Crippen LogP contribution in [0, 0.1) is 0 Å². The van der Waals surface area contributed by atoms with Crippen LogP contribution in [0.2, 0.25) is 0 Å². The zero-order chi connectivity index (χ0) is 15.5. The molecule has 0 fully saturated rings. The molecule has 2 aromatic heterocycles. The van der Waals surface area contributed by atoms with E-state index in [9.17, 15) is 8.78 Å². The van der Waals surface area contributed by atoms with Crippen LogP contribution in [0.3, 0.4) is 0 Å². The molecule has 3 aromatic rings. The second kappa shape index (κ2) is 5.97. The second-order valence-corrected chi connectivity index (χ2v) is 4.78. The first kappa shape index (κ1) is 14.2. The van der Waals surface area contributed by atoms with Crippen molar-refractivity contribution in [3.8, 4) is 0 Å². The zero-order valence-corrected chi connectivity index (χ0v) is 11.8. The van der Waals surface area contributed by atoms with E-state index in [-0.39, 0.29) is 0 Å². The molecule has 0 bridgehead atoms. The Morgan fingerprint density at radius 3 is 2.68 bits per heavy atom. The van der Waals surface area contributed by atoms with Crippen molar-refractivity contribution < 1.29 is 8.78 Å². The van der Waals surface area contributed by atoms with Crippen molar-refractivity contribution in [1.29, 1.82) is 0 Å². The summed E-state index contributed by atoms with van der Waals surface area (Å²) >= 11 is 0. The Bertz CT molecular complexity index is 779. The summed E-state index contributed by atoms with van der Waals surface area (Å²) in [4.78, 5) is 17.9. The Kier molecular flexibility index (Phi) is 3.86. The average Bonchev–Trinajstić information content (AvgIpc) is 2.54. The molecule has 7 heteroatoms. The van der Waals surface area contributed by atoms with Gasteiger partial charge in [-0.25, -0.2) is 18.7 Å². The van der Waals surface area contributed by atoms with Crippen LogP contribution in [0.4, 0.5) is 14.6 Å². The third-order valence-corrected chi connectivity index (χ3v) is 3.17. The molecule has 0 aliphatic rings. The minimum absolute atomic E-state index is 0.414. The molecule has 3 rings (SSSR count). The number of para-hydroxylation sites is 1. The lowest BCUT2D eigenvalue weighted by Gasteiger charge is -2.20. The summed E-state index contributed by atoms with van der Waals surface area (Å²) in [5.74, 6) is -0.0220. The van der Waals surface area contributed by atoms with Crippen molar-refractivity contribution in [2.75, 3.05) is 11.9 Å². The molecule has 0 unspecified atom stereocenters. The third kappa shape index (κ3) is 2.83. The number of benzene rings is 1. The number of rotatable bonds is 4. The van der Waals surface area contributed by atoms with Crippen LogP contribution in [-0.2, 0) is 6.54 Å². The Morgan fingerprint density at radius 2 is 1.95 bits per heavy atom. The number of hydrogen-bond donors (Lipinski definition) is 0. The third-order valence-electron chi connectivity index (χ3n) is 3.17. The van der Waals surface area contributed by atoms with E-state index in [0.717, 1.165) is 11.1 Å². The number of nitrogens with zero attached hydrogens (tertiary/aromatic N) is 5. The maximum Gasteiger partial charge on any atom is 0.297 e. The lowest BCUT2D eigenvalue weighted by atomic mass is 10.2. The van der Waals surface area contributed by atoms with Crippen LogP contribution < -0.4 is 4.90 Å². The van der Waals surface area contributed by atoms with Crippen LogP contribution in [0.25, 0.3) is 10.9 Å². The average molecular weight is 301 g/mol. The molecule has 0 aliphatic heterocycles. The Labute approximate surface area is 125 Å². The van der Waals surface area contributed by atoms with Crippen molar-refractivity contribution in [3.05, 3.63) is 54.4 Å². The molecule has 5 nitrogen and oxygen atoms in total. The van der Waals surface area contributed by atoms with E-state index >= 15 is 0 Å². The Morgan fingerprint density at radius 1 is 1.14 bits per heavy atom. The van der Waals surface area contributed by atoms with Gasteiger partial charge in [0, 0.05) is 24.8 Å². The minimum atomic E-state index is -2.71. The molecule has 0 N–H and O–H groups in total. The summed E-state index contributed by atoms with van der Waals surface area (Å²) in [7, 11) is 1.78. The molecule has 0 amide bonds. The molecular weight excluding hydrogens is 288 g/mol. The van der Waals surface area contributed by atoms with Gasteiger partial charge in [-0.3, -0.25) is 9.97 Å². The molecular formula is C15H13F2N5. The van der Waals surface area contributed by atoms with Gasteiger partial charge in [-0.05, 0) is 12.1 Å². The summed E-state index contributed by atoms with van der Waals surface area (Å²) in [6, 6.07) is 7.10. The largest absolute Gasteiger partial charge is 0.353 e. The molecule has 0 aliphatic carbocycles. The van der Waals surface area contributed by atoms with Crippen LogP contribution in [0.5, 0.6) is 0 Å². The van der Waals surface area contributed by atoms with E-state index in [2.05, 4.69) is 19.9 Å². The van der Waals surface area contributed by atoms with Crippen molar-refractivity contribution in [2.45, 2.75) is 13.0 Å². The van der Waals surface area contributed by atoms with Crippen LogP contribution in [0.1, 0.15) is 17.9 Å². The maximum absolute atomic E-state index is 13.0. The van der Waals surface area contributed by atoms with Crippen molar-refractivity contribution in [1.82, 2.24) is 19.9 Å². The first-order chi connectivity index (χ1) is 10.6. The van der Waals surface area contributed by atoms with E-state index < -0.39 is 12.2 Å². The molecule has 0 atom stereocenters. The summed E-state index contributed by atoms with van der Waals surface area (Å²) in [6.45, 7) is 0.414. The predicted octanol–water partition coefficient (Wildman–Crippen LogP) is 2.99. The van der Waals surface area contributed by atoms with Crippen molar-refractivity contribution in [3.63, 3.8) is 0 Å². The van der Waals surface area contributed by atoms with Gasteiger partial charge in [-0.15, -0.1) is 0 Å². The number of anilines is 1. The Hall–Kier alpha value is -2.70. The van der Waals surface area contributed by atoms with Gasteiger partial charge in [0.25, 0.3) is 6.43 Å². The first-order valence-electron chi connectivity index (χ1n) is 6.66. The fourth-order valence-corrected chi connectivity index (χ4v) is 2.20. The highest BCUT2D eigenvalue weighted by Crippen LogP contribution is 2.27. The maximum atomic E-state index is 13.0. The number of alkyl halides is 2. The SMILES string of the molecule is CN(Cc1cnccn1)c1nc(C(F)F)nc2ccccc12. The lowest BCUT2D eigenvalue weighted by Crippen LogP contribution is -2.20. The monoisotopic (exact) mass is 301 g/mol. The normalized spacial score (nSPS) is 11.1. The number of halogens is 2. The van der Waals surface area contributed by atoms with Gasteiger partial charge >= 0.3 is 0 Å². The quantitative estimate of drug-likeness (QED) is 0.741. The highest BCUT2D eigenvalue weighted by atomic mass is 19.3. The molecule has 22 heavy (non-hydrogen) atoms. The minimum Gasteiger partial charge on any atom is -0.353 e. The van der Waals surface area contributed by atoms with Crippen LogP contribution >= 0.6 is 0 Å². The zero-order valence-electron chi connectivity index (χ0n) is 11.8. The number of aromatic nitrogens is 4. The molecule has 0 spiro atoms. The molecule has 0 saturated carbocycles. The smallest absolute Gasteiger partial charge is 0.297 e. The van der Waals surface area contributed by atoms with Crippen molar-refractivity contribution in [2.24, 2.45) is 0 Å².